The molecule has 0 radical (unpaired) electrons. The summed E-state index contributed by atoms with van der Waals surface area (Å²) in [7, 11) is 0. The molecule has 1 saturated heterocycles. The molecule has 1 aromatic carbocycles. The summed E-state index contributed by atoms with van der Waals surface area (Å²) in [5.41, 5.74) is 6.14. The van der Waals surface area contributed by atoms with Crippen LogP contribution in [0.5, 0.6) is 5.75 Å². The first kappa shape index (κ1) is 18.7. The molecule has 1 unspecified atom stereocenters. The number of primary amides is 1. The highest BCUT2D eigenvalue weighted by Crippen LogP contribution is 2.45. The molecule has 0 bridgehead atoms. The molecule has 1 saturated carbocycles. The Hall–Kier alpha value is -3.33. The minimum Gasteiger partial charge on any atom is -0.486 e. The van der Waals surface area contributed by atoms with E-state index < -0.39 is 11.7 Å². The van der Waals surface area contributed by atoms with Gasteiger partial charge in [0.05, 0.1) is 23.5 Å². The number of pyridine rings is 1. The van der Waals surface area contributed by atoms with Gasteiger partial charge < -0.3 is 15.0 Å². The molecule has 2 aliphatic rings. The Morgan fingerprint density at radius 2 is 2.07 bits per heavy atom. The van der Waals surface area contributed by atoms with Crippen molar-refractivity contribution in [3.05, 3.63) is 60.1 Å². The lowest BCUT2D eigenvalue weighted by molar-refractivity contribution is -0.0252. The zero-order valence-corrected chi connectivity index (χ0v) is 16.1. The maximum Gasteiger partial charge on any atom is 0.251 e. The molecule has 1 aliphatic carbocycles. The SMILES string of the molecule is NC(=O)c1ccc(-c2ccc(OC3CN(C(c4ncno4)C4CC4)C3)cn2)cc1F. The second kappa shape index (κ2) is 7.49. The first-order valence-corrected chi connectivity index (χ1v) is 9.81. The van der Waals surface area contributed by atoms with Crippen LogP contribution in [-0.2, 0) is 0 Å². The lowest BCUT2D eigenvalue weighted by atomic mass is 10.0. The minimum absolute atomic E-state index is 0.0640. The highest BCUT2D eigenvalue weighted by atomic mass is 19.1. The van der Waals surface area contributed by atoms with Crippen LogP contribution in [0.2, 0.25) is 0 Å². The van der Waals surface area contributed by atoms with Crippen molar-refractivity contribution in [1.29, 1.82) is 0 Å². The van der Waals surface area contributed by atoms with Crippen molar-refractivity contribution in [3.63, 3.8) is 0 Å². The summed E-state index contributed by atoms with van der Waals surface area (Å²) in [4.78, 5) is 22.0. The number of rotatable bonds is 7. The number of carbonyl (C=O) groups excluding carboxylic acids is 1. The number of nitrogens with two attached hydrogens (primary N) is 1. The van der Waals surface area contributed by atoms with Crippen LogP contribution in [0.4, 0.5) is 4.39 Å². The topological polar surface area (TPSA) is 107 Å². The van der Waals surface area contributed by atoms with Crippen LogP contribution in [0.15, 0.2) is 47.4 Å². The van der Waals surface area contributed by atoms with Gasteiger partial charge >= 0.3 is 0 Å². The maximum atomic E-state index is 14.0. The van der Waals surface area contributed by atoms with Gasteiger partial charge in [0.2, 0.25) is 5.89 Å². The van der Waals surface area contributed by atoms with Gasteiger partial charge in [0, 0.05) is 18.7 Å². The number of hydrogen-bond acceptors (Lipinski definition) is 7. The minimum atomic E-state index is -0.798. The fraction of sp³-hybridized carbons (Fsp3) is 0.333. The molecule has 1 amide bonds. The van der Waals surface area contributed by atoms with Crippen LogP contribution < -0.4 is 10.5 Å². The van der Waals surface area contributed by atoms with Crippen molar-refractivity contribution in [2.24, 2.45) is 11.7 Å². The summed E-state index contributed by atoms with van der Waals surface area (Å²) in [6.07, 6.45) is 5.49. The largest absolute Gasteiger partial charge is 0.486 e. The van der Waals surface area contributed by atoms with E-state index in [0.29, 0.717) is 28.8 Å². The summed E-state index contributed by atoms with van der Waals surface area (Å²) < 4.78 is 25.3. The zero-order chi connectivity index (χ0) is 20.7. The predicted octanol–water partition coefficient (Wildman–Crippen LogP) is 2.58. The number of aromatic nitrogens is 3. The lowest BCUT2D eigenvalue weighted by Gasteiger charge is -2.42. The number of halogens is 1. The fourth-order valence-corrected chi connectivity index (χ4v) is 3.84. The van der Waals surface area contributed by atoms with E-state index in [2.05, 4.69) is 20.0 Å². The van der Waals surface area contributed by atoms with E-state index in [1.54, 1.807) is 24.4 Å². The number of benzene rings is 1. The normalized spacial score (nSPS) is 18.0. The number of amides is 1. The van der Waals surface area contributed by atoms with E-state index in [0.717, 1.165) is 13.1 Å². The summed E-state index contributed by atoms with van der Waals surface area (Å²) in [5.74, 6) is 0.445. The van der Waals surface area contributed by atoms with E-state index in [4.69, 9.17) is 15.0 Å². The average molecular weight is 409 g/mol. The van der Waals surface area contributed by atoms with Crippen molar-refractivity contribution in [1.82, 2.24) is 20.0 Å². The van der Waals surface area contributed by atoms with Crippen molar-refractivity contribution in [2.75, 3.05) is 13.1 Å². The van der Waals surface area contributed by atoms with Crippen molar-refractivity contribution in [3.8, 4) is 17.0 Å². The van der Waals surface area contributed by atoms with Gasteiger partial charge in [-0.05, 0) is 43.0 Å². The zero-order valence-electron chi connectivity index (χ0n) is 16.1. The Balaban J connectivity index is 1.20. The molecule has 8 nitrogen and oxygen atoms in total. The number of hydrogen-bond donors (Lipinski definition) is 1. The van der Waals surface area contributed by atoms with Crippen LogP contribution in [-0.4, -0.2) is 45.1 Å². The molecule has 2 fully saturated rings. The smallest absolute Gasteiger partial charge is 0.251 e. The Morgan fingerprint density at radius 3 is 2.67 bits per heavy atom. The maximum absolute atomic E-state index is 14.0. The van der Waals surface area contributed by atoms with E-state index in [1.165, 1.54) is 31.3 Å². The first-order chi connectivity index (χ1) is 14.6. The van der Waals surface area contributed by atoms with Gasteiger partial charge in [-0.3, -0.25) is 14.7 Å². The number of carbonyl (C=O) groups is 1. The van der Waals surface area contributed by atoms with Gasteiger partial charge in [0.15, 0.2) is 6.33 Å². The van der Waals surface area contributed by atoms with Gasteiger partial charge in [-0.1, -0.05) is 11.2 Å². The molecule has 1 atom stereocenters. The van der Waals surface area contributed by atoms with Gasteiger partial charge in [0.1, 0.15) is 17.7 Å². The highest BCUT2D eigenvalue weighted by Gasteiger charge is 2.45. The molecule has 3 aromatic rings. The predicted molar refractivity (Wildman–Crippen MR) is 104 cm³/mol. The van der Waals surface area contributed by atoms with Crippen molar-refractivity contribution in [2.45, 2.75) is 25.0 Å². The summed E-state index contributed by atoms with van der Waals surface area (Å²) in [6, 6.07) is 7.97. The van der Waals surface area contributed by atoms with Crippen LogP contribution >= 0.6 is 0 Å². The third kappa shape index (κ3) is 3.63. The molecule has 5 rings (SSSR count). The summed E-state index contributed by atoms with van der Waals surface area (Å²) in [5, 5.41) is 3.73. The van der Waals surface area contributed by atoms with Gasteiger partial charge in [-0.25, -0.2) is 4.39 Å². The number of nitrogens with zero attached hydrogens (tertiary/aromatic N) is 4. The molecule has 1 aliphatic heterocycles. The molecule has 2 N–H and O–H groups in total. The second-order valence-corrected chi connectivity index (χ2v) is 7.69. The van der Waals surface area contributed by atoms with Crippen LogP contribution in [0, 0.1) is 11.7 Å². The van der Waals surface area contributed by atoms with Gasteiger partial charge in [-0.2, -0.15) is 4.98 Å². The summed E-state index contributed by atoms with van der Waals surface area (Å²) >= 11 is 0. The average Bonchev–Trinajstić information content (AvgIpc) is 3.40. The third-order valence-corrected chi connectivity index (χ3v) is 5.54. The van der Waals surface area contributed by atoms with Gasteiger partial charge in [-0.15, -0.1) is 0 Å². The Kier molecular flexibility index (Phi) is 4.66. The highest BCUT2D eigenvalue weighted by molar-refractivity contribution is 5.93. The number of ether oxygens (including phenoxy) is 1. The van der Waals surface area contributed by atoms with E-state index >= 15 is 0 Å². The van der Waals surface area contributed by atoms with E-state index in [1.807, 2.05) is 0 Å². The first-order valence-electron chi connectivity index (χ1n) is 9.81. The fourth-order valence-electron chi connectivity index (χ4n) is 3.84. The number of likely N-dealkylation sites (tertiary alicyclic amines) is 1. The van der Waals surface area contributed by atoms with E-state index in [-0.39, 0.29) is 17.7 Å². The molecule has 154 valence electrons. The standard InChI is InChI=1S/C21H20FN5O3/c22-17-7-13(3-5-16(17)20(23)28)18-6-4-14(8-24-18)29-15-9-27(10-15)19(12-1-2-12)21-25-11-26-30-21/h3-8,11-12,15,19H,1-2,9-10H2,(H2,23,28). The van der Waals surface area contributed by atoms with Crippen molar-refractivity contribution >= 4 is 5.91 Å². The molecule has 30 heavy (non-hydrogen) atoms. The molecule has 9 heteroatoms. The van der Waals surface area contributed by atoms with Crippen molar-refractivity contribution < 1.29 is 18.4 Å². The summed E-state index contributed by atoms with van der Waals surface area (Å²) in [6.45, 7) is 1.57. The Labute approximate surface area is 171 Å². The Morgan fingerprint density at radius 1 is 1.23 bits per heavy atom. The molecule has 2 aromatic heterocycles. The monoisotopic (exact) mass is 409 g/mol. The quantitative estimate of drug-likeness (QED) is 0.639. The molecular formula is C21H20FN5O3. The van der Waals surface area contributed by atoms with Gasteiger partial charge in [0.25, 0.3) is 5.91 Å². The van der Waals surface area contributed by atoms with E-state index in [9.17, 15) is 9.18 Å². The van der Waals surface area contributed by atoms with Crippen LogP contribution in [0.25, 0.3) is 11.3 Å². The molecule has 3 heterocycles. The second-order valence-electron chi connectivity index (χ2n) is 7.69. The third-order valence-electron chi connectivity index (χ3n) is 5.54. The molecular weight excluding hydrogens is 389 g/mol. The van der Waals surface area contributed by atoms with Crippen LogP contribution in [0.1, 0.15) is 35.1 Å². The Bertz CT molecular complexity index is 1050. The van der Waals surface area contributed by atoms with Crippen LogP contribution in [0.3, 0.4) is 0 Å². The lowest BCUT2D eigenvalue weighted by Crippen LogP contribution is -2.55. The molecule has 0 spiro atoms.